The summed E-state index contributed by atoms with van der Waals surface area (Å²) in [5.74, 6) is 0.531. The lowest BCUT2D eigenvalue weighted by Gasteiger charge is -2.33. The van der Waals surface area contributed by atoms with E-state index in [4.69, 9.17) is 0 Å². The van der Waals surface area contributed by atoms with E-state index >= 15 is 0 Å². The van der Waals surface area contributed by atoms with Crippen LogP contribution in [-0.2, 0) is 4.79 Å². The number of hydrogen-bond donors (Lipinski definition) is 3. The molecule has 0 radical (unpaired) electrons. The highest BCUT2D eigenvalue weighted by Gasteiger charge is 2.23. The third kappa shape index (κ3) is 5.16. The number of aromatic nitrogens is 2. The highest BCUT2D eigenvalue weighted by molar-refractivity contribution is 5.93. The predicted molar refractivity (Wildman–Crippen MR) is 105 cm³/mol. The number of carbonyl (C=O) groups excluding carboxylic acids is 2. The second-order valence-electron chi connectivity index (χ2n) is 6.64. The van der Waals surface area contributed by atoms with Crippen molar-refractivity contribution in [1.29, 1.82) is 0 Å². The lowest BCUT2D eigenvalue weighted by Crippen LogP contribution is -2.49. The van der Waals surface area contributed by atoms with E-state index in [2.05, 4.69) is 30.8 Å². The molecule has 1 unspecified atom stereocenters. The lowest BCUT2D eigenvalue weighted by atomic mass is 10.1. The first-order chi connectivity index (χ1) is 13.0. The van der Waals surface area contributed by atoms with Crippen LogP contribution in [0.15, 0.2) is 36.7 Å². The Bertz CT molecular complexity index is 811. The highest BCUT2D eigenvalue weighted by Crippen LogP contribution is 2.21. The van der Waals surface area contributed by atoms with Gasteiger partial charge in [0.2, 0.25) is 11.9 Å². The summed E-state index contributed by atoms with van der Waals surface area (Å²) < 4.78 is 0. The van der Waals surface area contributed by atoms with Crippen LogP contribution in [0.25, 0.3) is 0 Å². The SMILES string of the molecule is CC(=O)Nc1ccc(C)c(NC(=O)NC2CCCN(c3ncccn3)C2)c1. The van der Waals surface area contributed by atoms with Crippen molar-refractivity contribution < 1.29 is 9.59 Å². The van der Waals surface area contributed by atoms with E-state index in [9.17, 15) is 9.59 Å². The zero-order valence-corrected chi connectivity index (χ0v) is 15.5. The Kier molecular flexibility index (Phi) is 5.85. The molecule has 142 valence electrons. The molecule has 1 fully saturated rings. The van der Waals surface area contributed by atoms with Crippen LogP contribution in [0.1, 0.15) is 25.3 Å². The van der Waals surface area contributed by atoms with E-state index in [1.807, 2.05) is 13.0 Å². The zero-order chi connectivity index (χ0) is 19.2. The first-order valence-electron chi connectivity index (χ1n) is 8.99. The zero-order valence-electron chi connectivity index (χ0n) is 15.5. The molecule has 1 aromatic carbocycles. The molecule has 2 aromatic rings. The molecular weight excluding hydrogens is 344 g/mol. The first kappa shape index (κ1) is 18.6. The van der Waals surface area contributed by atoms with Gasteiger partial charge in [-0.15, -0.1) is 0 Å². The molecule has 8 nitrogen and oxygen atoms in total. The maximum atomic E-state index is 12.5. The first-order valence-corrected chi connectivity index (χ1v) is 8.99. The van der Waals surface area contributed by atoms with Crippen molar-refractivity contribution in [2.24, 2.45) is 0 Å². The topological polar surface area (TPSA) is 99.2 Å². The Labute approximate surface area is 158 Å². The fraction of sp³-hybridized carbons (Fsp3) is 0.368. The number of piperidine rings is 1. The quantitative estimate of drug-likeness (QED) is 0.770. The van der Waals surface area contributed by atoms with Crippen molar-refractivity contribution in [3.8, 4) is 0 Å². The Morgan fingerprint density at radius 2 is 1.96 bits per heavy atom. The van der Waals surface area contributed by atoms with Crippen molar-refractivity contribution in [2.75, 3.05) is 28.6 Å². The van der Waals surface area contributed by atoms with Gasteiger partial charge in [-0.05, 0) is 43.5 Å². The van der Waals surface area contributed by atoms with Gasteiger partial charge < -0.3 is 20.9 Å². The van der Waals surface area contributed by atoms with Gasteiger partial charge in [0.05, 0.1) is 0 Å². The fourth-order valence-electron chi connectivity index (χ4n) is 3.11. The Morgan fingerprint density at radius 1 is 1.19 bits per heavy atom. The maximum Gasteiger partial charge on any atom is 0.319 e. The number of hydrogen-bond acceptors (Lipinski definition) is 5. The summed E-state index contributed by atoms with van der Waals surface area (Å²) in [5.41, 5.74) is 2.23. The van der Waals surface area contributed by atoms with E-state index in [1.54, 1.807) is 30.6 Å². The molecule has 0 saturated carbocycles. The Hall–Kier alpha value is -3.16. The van der Waals surface area contributed by atoms with Gasteiger partial charge in [-0.2, -0.15) is 0 Å². The van der Waals surface area contributed by atoms with Crippen LogP contribution in [0.4, 0.5) is 22.1 Å². The number of aryl methyl sites for hydroxylation is 1. The average molecular weight is 368 g/mol. The molecule has 3 rings (SSSR count). The molecule has 0 spiro atoms. The van der Waals surface area contributed by atoms with Crippen LogP contribution in [0.2, 0.25) is 0 Å². The number of anilines is 3. The van der Waals surface area contributed by atoms with Gasteiger partial charge >= 0.3 is 6.03 Å². The summed E-state index contributed by atoms with van der Waals surface area (Å²) in [6, 6.07) is 6.95. The molecule has 1 atom stereocenters. The van der Waals surface area contributed by atoms with E-state index in [0.29, 0.717) is 23.9 Å². The summed E-state index contributed by atoms with van der Waals surface area (Å²) in [6.45, 7) is 4.90. The summed E-state index contributed by atoms with van der Waals surface area (Å²) in [5, 5.41) is 8.61. The molecule has 3 N–H and O–H groups in total. The molecule has 3 amide bonds. The predicted octanol–water partition coefficient (Wildman–Crippen LogP) is 2.53. The van der Waals surface area contributed by atoms with Gasteiger partial charge in [0.15, 0.2) is 0 Å². The minimum absolute atomic E-state index is 0.0152. The van der Waals surface area contributed by atoms with Crippen LogP contribution in [0.5, 0.6) is 0 Å². The Balaban J connectivity index is 1.60. The van der Waals surface area contributed by atoms with E-state index in [0.717, 1.165) is 24.9 Å². The van der Waals surface area contributed by atoms with Crippen LogP contribution < -0.4 is 20.9 Å². The molecule has 27 heavy (non-hydrogen) atoms. The van der Waals surface area contributed by atoms with Gasteiger partial charge in [0.25, 0.3) is 0 Å². The van der Waals surface area contributed by atoms with E-state index in [1.165, 1.54) is 6.92 Å². The molecular formula is C19H24N6O2. The van der Waals surface area contributed by atoms with Gasteiger partial charge in [-0.1, -0.05) is 6.07 Å². The normalized spacial score (nSPS) is 16.5. The molecule has 1 aliphatic rings. The summed E-state index contributed by atoms with van der Waals surface area (Å²) in [6.07, 6.45) is 5.30. The lowest BCUT2D eigenvalue weighted by molar-refractivity contribution is -0.114. The third-order valence-corrected chi connectivity index (χ3v) is 4.40. The minimum atomic E-state index is -0.265. The number of nitrogens with one attached hydrogen (secondary N) is 3. The monoisotopic (exact) mass is 368 g/mol. The number of urea groups is 1. The number of amides is 3. The van der Waals surface area contributed by atoms with E-state index in [-0.39, 0.29) is 18.0 Å². The second-order valence-corrected chi connectivity index (χ2v) is 6.64. The standard InChI is InChI=1S/C19H24N6O2/c1-13-6-7-15(22-14(2)26)11-17(13)24-19(27)23-16-5-3-10-25(12-16)18-20-8-4-9-21-18/h4,6-9,11,16H,3,5,10,12H2,1-2H3,(H,22,26)(H2,23,24,27). The molecule has 1 saturated heterocycles. The highest BCUT2D eigenvalue weighted by atomic mass is 16.2. The van der Waals surface area contributed by atoms with Crippen LogP contribution >= 0.6 is 0 Å². The molecule has 2 heterocycles. The van der Waals surface area contributed by atoms with Crippen LogP contribution in [0, 0.1) is 6.92 Å². The van der Waals surface area contributed by atoms with Crippen LogP contribution in [-0.4, -0.2) is 41.0 Å². The molecule has 0 bridgehead atoms. The largest absolute Gasteiger partial charge is 0.339 e. The van der Waals surface area contributed by atoms with Crippen molar-refractivity contribution >= 4 is 29.3 Å². The number of benzene rings is 1. The van der Waals surface area contributed by atoms with Gasteiger partial charge in [-0.25, -0.2) is 14.8 Å². The average Bonchev–Trinajstić information content (AvgIpc) is 2.65. The van der Waals surface area contributed by atoms with Crippen molar-refractivity contribution in [3.05, 3.63) is 42.2 Å². The minimum Gasteiger partial charge on any atom is -0.339 e. The third-order valence-electron chi connectivity index (χ3n) is 4.40. The summed E-state index contributed by atoms with van der Waals surface area (Å²) in [7, 11) is 0. The summed E-state index contributed by atoms with van der Waals surface area (Å²) >= 11 is 0. The van der Waals surface area contributed by atoms with Gasteiger partial charge in [-0.3, -0.25) is 4.79 Å². The number of rotatable bonds is 4. The van der Waals surface area contributed by atoms with E-state index < -0.39 is 0 Å². The van der Waals surface area contributed by atoms with Crippen molar-refractivity contribution in [2.45, 2.75) is 32.7 Å². The smallest absolute Gasteiger partial charge is 0.319 e. The molecule has 1 aliphatic heterocycles. The van der Waals surface area contributed by atoms with Crippen LogP contribution in [0.3, 0.4) is 0 Å². The molecule has 8 heteroatoms. The number of nitrogens with zero attached hydrogens (tertiary/aromatic N) is 3. The number of carbonyl (C=O) groups is 2. The van der Waals surface area contributed by atoms with Crippen molar-refractivity contribution in [3.63, 3.8) is 0 Å². The summed E-state index contributed by atoms with van der Waals surface area (Å²) in [4.78, 5) is 34.3. The second kappa shape index (κ2) is 8.48. The molecule has 1 aromatic heterocycles. The maximum absolute atomic E-state index is 12.5. The Morgan fingerprint density at radius 3 is 2.70 bits per heavy atom. The van der Waals surface area contributed by atoms with Gasteiger partial charge in [0.1, 0.15) is 0 Å². The fourth-order valence-corrected chi connectivity index (χ4v) is 3.11. The molecule has 0 aliphatic carbocycles. The van der Waals surface area contributed by atoms with Crippen molar-refractivity contribution in [1.82, 2.24) is 15.3 Å². The van der Waals surface area contributed by atoms with Gasteiger partial charge in [0, 0.05) is 49.8 Å².